The second kappa shape index (κ2) is 4.82. The van der Waals surface area contributed by atoms with Gasteiger partial charge >= 0.3 is 0 Å². The summed E-state index contributed by atoms with van der Waals surface area (Å²) in [5.41, 5.74) is 8.55. The molecule has 4 nitrogen and oxygen atoms in total. The zero-order valence-corrected chi connectivity index (χ0v) is 11.3. The third-order valence-electron chi connectivity index (χ3n) is 2.76. The van der Waals surface area contributed by atoms with Crippen molar-refractivity contribution in [3.63, 3.8) is 0 Å². The van der Waals surface area contributed by atoms with Crippen LogP contribution in [0.3, 0.4) is 0 Å². The van der Waals surface area contributed by atoms with Gasteiger partial charge in [-0.05, 0) is 32.4 Å². The first kappa shape index (κ1) is 12.6. The molecule has 0 saturated heterocycles. The van der Waals surface area contributed by atoms with Crippen LogP contribution in [-0.2, 0) is 0 Å². The first-order valence-corrected chi connectivity index (χ1v) is 5.99. The number of aryl methyl sites for hydroxylation is 2. The minimum absolute atomic E-state index is 0.481. The minimum Gasteiger partial charge on any atom is -0.383 e. The Morgan fingerprint density at radius 2 is 1.89 bits per heavy atom. The maximum Gasteiger partial charge on any atom is 0.139 e. The molecule has 0 spiro atoms. The lowest BCUT2D eigenvalue weighted by atomic mass is 10.2. The van der Waals surface area contributed by atoms with Gasteiger partial charge in [0.2, 0.25) is 0 Å². The number of hydrogen-bond donors (Lipinski definition) is 2. The van der Waals surface area contributed by atoms with Crippen molar-refractivity contribution in [1.29, 1.82) is 0 Å². The summed E-state index contributed by atoms with van der Waals surface area (Å²) in [6.07, 6.45) is 0. The molecule has 0 aliphatic rings. The Balaban J connectivity index is 2.46. The van der Waals surface area contributed by atoms with Crippen LogP contribution in [0.1, 0.15) is 17.0 Å². The van der Waals surface area contributed by atoms with Crippen LogP contribution in [0.15, 0.2) is 18.2 Å². The Hall–Kier alpha value is -1.81. The summed E-state index contributed by atoms with van der Waals surface area (Å²) >= 11 is 6.17. The minimum atomic E-state index is 0.481. The van der Waals surface area contributed by atoms with E-state index in [1.807, 2.05) is 32.0 Å². The van der Waals surface area contributed by atoms with Gasteiger partial charge in [-0.25, -0.2) is 9.97 Å². The van der Waals surface area contributed by atoms with Gasteiger partial charge in [-0.2, -0.15) is 0 Å². The van der Waals surface area contributed by atoms with Crippen molar-refractivity contribution in [3.05, 3.63) is 40.2 Å². The van der Waals surface area contributed by atoms with Crippen LogP contribution in [0.25, 0.3) is 0 Å². The maximum absolute atomic E-state index is 6.17. The number of aromatic nitrogens is 2. The predicted molar refractivity (Wildman–Crippen MR) is 75.4 cm³/mol. The van der Waals surface area contributed by atoms with Crippen LogP contribution >= 0.6 is 11.6 Å². The van der Waals surface area contributed by atoms with Gasteiger partial charge in [0.05, 0.1) is 10.7 Å². The second-order valence-corrected chi connectivity index (χ2v) is 4.59. The second-order valence-electron chi connectivity index (χ2n) is 4.19. The number of hydrogen-bond acceptors (Lipinski definition) is 4. The highest BCUT2D eigenvalue weighted by atomic mass is 35.5. The zero-order valence-electron chi connectivity index (χ0n) is 10.6. The standard InChI is InChI=1S/C13H15ClN4/c1-7-5-4-6-10(14)11(7)18-13-8(2)12(15)16-9(3)17-13/h4-6H,1-3H3,(H3,15,16,17,18). The molecule has 0 radical (unpaired) electrons. The molecule has 0 aliphatic heterocycles. The first-order chi connectivity index (χ1) is 8.49. The van der Waals surface area contributed by atoms with Crippen LogP contribution in [0, 0.1) is 20.8 Å². The average molecular weight is 263 g/mol. The van der Waals surface area contributed by atoms with Crippen molar-refractivity contribution in [2.24, 2.45) is 0 Å². The van der Waals surface area contributed by atoms with E-state index in [4.69, 9.17) is 17.3 Å². The van der Waals surface area contributed by atoms with Crippen molar-refractivity contribution < 1.29 is 0 Å². The Labute approximate surface area is 111 Å². The summed E-state index contributed by atoms with van der Waals surface area (Å²) in [7, 11) is 0. The highest BCUT2D eigenvalue weighted by Crippen LogP contribution is 2.30. The van der Waals surface area contributed by atoms with Crippen LogP contribution in [-0.4, -0.2) is 9.97 Å². The van der Waals surface area contributed by atoms with E-state index in [2.05, 4.69) is 15.3 Å². The average Bonchev–Trinajstić information content (AvgIpc) is 2.30. The summed E-state index contributed by atoms with van der Waals surface area (Å²) in [6, 6.07) is 5.74. The summed E-state index contributed by atoms with van der Waals surface area (Å²) in [4.78, 5) is 8.46. The van der Waals surface area contributed by atoms with Gasteiger partial charge < -0.3 is 11.1 Å². The Bertz CT molecular complexity index is 576. The van der Waals surface area contributed by atoms with E-state index >= 15 is 0 Å². The number of nitrogen functional groups attached to an aromatic ring is 1. The van der Waals surface area contributed by atoms with E-state index in [0.29, 0.717) is 22.5 Å². The topological polar surface area (TPSA) is 63.8 Å². The molecule has 0 unspecified atom stereocenters. The number of nitrogens with zero attached hydrogens (tertiary/aromatic N) is 2. The summed E-state index contributed by atoms with van der Waals surface area (Å²) < 4.78 is 0. The summed E-state index contributed by atoms with van der Waals surface area (Å²) in [5, 5.41) is 3.88. The first-order valence-electron chi connectivity index (χ1n) is 5.62. The van der Waals surface area contributed by atoms with E-state index < -0.39 is 0 Å². The van der Waals surface area contributed by atoms with E-state index in [0.717, 1.165) is 16.8 Å². The lowest BCUT2D eigenvalue weighted by Gasteiger charge is -2.14. The van der Waals surface area contributed by atoms with Crippen molar-refractivity contribution >= 4 is 28.9 Å². The molecule has 0 saturated carbocycles. The number of nitrogens with one attached hydrogen (secondary N) is 1. The lowest BCUT2D eigenvalue weighted by Crippen LogP contribution is -2.05. The predicted octanol–water partition coefficient (Wildman–Crippen LogP) is 3.38. The molecule has 1 heterocycles. The molecule has 2 aromatic rings. The SMILES string of the molecule is Cc1nc(N)c(C)c(Nc2c(C)cccc2Cl)n1. The number of anilines is 3. The molecule has 5 heteroatoms. The fourth-order valence-corrected chi connectivity index (χ4v) is 1.95. The summed E-state index contributed by atoms with van der Waals surface area (Å²) in [5.74, 6) is 1.80. The third kappa shape index (κ3) is 2.38. The monoisotopic (exact) mass is 262 g/mol. The van der Waals surface area contributed by atoms with Gasteiger partial charge in [-0.15, -0.1) is 0 Å². The highest BCUT2D eigenvalue weighted by molar-refractivity contribution is 6.33. The number of halogens is 1. The largest absolute Gasteiger partial charge is 0.383 e. The molecule has 0 fully saturated rings. The lowest BCUT2D eigenvalue weighted by molar-refractivity contribution is 1.04. The van der Waals surface area contributed by atoms with Crippen molar-refractivity contribution in [2.75, 3.05) is 11.1 Å². The smallest absolute Gasteiger partial charge is 0.139 e. The van der Waals surface area contributed by atoms with E-state index in [1.165, 1.54) is 0 Å². The normalized spacial score (nSPS) is 10.4. The van der Waals surface area contributed by atoms with Gasteiger partial charge in [0.25, 0.3) is 0 Å². The van der Waals surface area contributed by atoms with E-state index in [9.17, 15) is 0 Å². The molecular weight excluding hydrogens is 248 g/mol. The van der Waals surface area contributed by atoms with E-state index in [-0.39, 0.29) is 0 Å². The van der Waals surface area contributed by atoms with Gasteiger partial charge in [-0.1, -0.05) is 23.7 Å². The maximum atomic E-state index is 6.17. The fraction of sp³-hybridized carbons (Fsp3) is 0.231. The molecule has 0 amide bonds. The quantitative estimate of drug-likeness (QED) is 0.871. The number of benzene rings is 1. The molecule has 0 atom stereocenters. The van der Waals surface area contributed by atoms with Crippen LogP contribution in [0.4, 0.5) is 17.3 Å². The van der Waals surface area contributed by atoms with Crippen LogP contribution < -0.4 is 11.1 Å². The number of nitrogens with two attached hydrogens (primary N) is 1. The van der Waals surface area contributed by atoms with Crippen molar-refractivity contribution in [1.82, 2.24) is 9.97 Å². The van der Waals surface area contributed by atoms with Gasteiger partial charge in [0, 0.05) is 5.56 Å². The van der Waals surface area contributed by atoms with E-state index in [1.54, 1.807) is 6.92 Å². The zero-order chi connectivity index (χ0) is 13.3. The molecule has 94 valence electrons. The molecule has 1 aromatic heterocycles. The molecule has 0 aliphatic carbocycles. The molecule has 1 aromatic carbocycles. The third-order valence-corrected chi connectivity index (χ3v) is 3.08. The Morgan fingerprint density at radius 1 is 1.17 bits per heavy atom. The molecule has 2 rings (SSSR count). The molecular formula is C13H15ClN4. The van der Waals surface area contributed by atoms with Gasteiger partial charge in [-0.3, -0.25) is 0 Å². The van der Waals surface area contributed by atoms with Gasteiger partial charge in [0.15, 0.2) is 0 Å². The van der Waals surface area contributed by atoms with Crippen molar-refractivity contribution in [2.45, 2.75) is 20.8 Å². The van der Waals surface area contributed by atoms with Crippen LogP contribution in [0.5, 0.6) is 0 Å². The molecule has 3 N–H and O–H groups in total. The number of para-hydroxylation sites is 1. The Morgan fingerprint density at radius 3 is 2.56 bits per heavy atom. The fourth-order valence-electron chi connectivity index (χ4n) is 1.68. The molecule has 0 bridgehead atoms. The summed E-state index contributed by atoms with van der Waals surface area (Å²) in [6.45, 7) is 5.67. The molecule has 18 heavy (non-hydrogen) atoms. The number of rotatable bonds is 2. The van der Waals surface area contributed by atoms with Crippen molar-refractivity contribution in [3.8, 4) is 0 Å². The highest BCUT2D eigenvalue weighted by Gasteiger charge is 2.10. The Kier molecular flexibility index (Phi) is 3.39. The van der Waals surface area contributed by atoms with Gasteiger partial charge in [0.1, 0.15) is 17.5 Å². The van der Waals surface area contributed by atoms with Crippen LogP contribution in [0.2, 0.25) is 5.02 Å².